The number of H-pyrrole nitrogens is 1. The third-order valence-corrected chi connectivity index (χ3v) is 6.80. The van der Waals surface area contributed by atoms with Crippen molar-refractivity contribution in [3.05, 3.63) is 77.4 Å². The molecular formula is C24H20F3N3O4S. The molecule has 2 heterocycles. The van der Waals surface area contributed by atoms with Gasteiger partial charge in [-0.1, -0.05) is 6.92 Å². The standard InChI is InChI=1S/C24H20F3N3O4S/c1-3-8-35(32,33)30-20-7-6-18(25)21(22(20)27)23(31)17-12-29-24-16(17)9-13(11-28-24)15-5-4-14(34-2)10-19(15)26/h4-7,9-12,30H,3,8H2,1-2H3,(H,28,29). The van der Waals surface area contributed by atoms with E-state index in [1.807, 2.05) is 4.72 Å². The minimum atomic E-state index is -3.88. The molecule has 7 nitrogen and oxygen atoms in total. The second kappa shape index (κ2) is 9.41. The molecule has 0 aliphatic rings. The zero-order valence-corrected chi connectivity index (χ0v) is 19.5. The number of nitrogens with one attached hydrogen (secondary N) is 2. The molecule has 0 radical (unpaired) electrons. The smallest absolute Gasteiger partial charge is 0.232 e. The van der Waals surface area contributed by atoms with Crippen LogP contribution in [-0.2, 0) is 10.0 Å². The molecule has 182 valence electrons. The number of ketones is 1. The quantitative estimate of drug-likeness (QED) is 0.328. The molecule has 0 saturated carbocycles. The van der Waals surface area contributed by atoms with Gasteiger partial charge >= 0.3 is 0 Å². The van der Waals surface area contributed by atoms with Gasteiger partial charge < -0.3 is 9.72 Å². The van der Waals surface area contributed by atoms with E-state index < -0.39 is 44.5 Å². The van der Waals surface area contributed by atoms with Crippen LogP contribution in [0, 0.1) is 17.5 Å². The highest BCUT2D eigenvalue weighted by Crippen LogP contribution is 2.31. The van der Waals surface area contributed by atoms with Crippen LogP contribution < -0.4 is 9.46 Å². The van der Waals surface area contributed by atoms with Gasteiger partial charge in [0.2, 0.25) is 15.8 Å². The molecule has 0 fully saturated rings. The number of anilines is 1. The van der Waals surface area contributed by atoms with Gasteiger partial charge in [0.15, 0.2) is 5.82 Å². The molecule has 2 aromatic heterocycles. The van der Waals surface area contributed by atoms with Crippen LogP contribution in [0.5, 0.6) is 5.75 Å². The van der Waals surface area contributed by atoms with Gasteiger partial charge in [0, 0.05) is 40.5 Å². The molecule has 35 heavy (non-hydrogen) atoms. The van der Waals surface area contributed by atoms with Gasteiger partial charge in [-0.05, 0) is 36.8 Å². The highest BCUT2D eigenvalue weighted by atomic mass is 32.2. The number of rotatable bonds is 8. The topological polar surface area (TPSA) is 101 Å². The number of sulfonamides is 1. The van der Waals surface area contributed by atoms with Crippen LogP contribution in [0.25, 0.3) is 22.2 Å². The lowest BCUT2D eigenvalue weighted by atomic mass is 9.99. The molecule has 0 aliphatic heterocycles. The van der Waals surface area contributed by atoms with Crippen LogP contribution in [0.2, 0.25) is 0 Å². The molecule has 4 rings (SSSR count). The first-order valence-corrected chi connectivity index (χ1v) is 12.1. The summed E-state index contributed by atoms with van der Waals surface area (Å²) in [7, 11) is -2.48. The maximum absolute atomic E-state index is 15.1. The number of ether oxygens (including phenoxy) is 1. The number of pyridine rings is 1. The summed E-state index contributed by atoms with van der Waals surface area (Å²) in [5.41, 5.74) is -0.829. The van der Waals surface area contributed by atoms with E-state index in [4.69, 9.17) is 4.74 Å². The Bertz CT molecular complexity index is 1550. The Hall–Kier alpha value is -3.86. The van der Waals surface area contributed by atoms with Gasteiger partial charge in [0.25, 0.3) is 0 Å². The Kier molecular flexibility index (Phi) is 6.53. The van der Waals surface area contributed by atoms with E-state index in [9.17, 15) is 22.0 Å². The van der Waals surface area contributed by atoms with Crippen LogP contribution in [0.1, 0.15) is 29.3 Å². The second-order valence-corrected chi connectivity index (χ2v) is 9.54. The van der Waals surface area contributed by atoms with Crippen molar-refractivity contribution in [1.29, 1.82) is 0 Å². The molecular weight excluding hydrogens is 483 g/mol. The molecule has 0 unspecified atom stereocenters. The number of hydrogen-bond donors (Lipinski definition) is 2. The third-order valence-electron chi connectivity index (χ3n) is 5.32. The Morgan fingerprint density at radius 3 is 2.57 bits per heavy atom. The summed E-state index contributed by atoms with van der Waals surface area (Å²) in [6.07, 6.45) is 2.91. The summed E-state index contributed by atoms with van der Waals surface area (Å²) in [5.74, 6) is -4.07. The zero-order valence-electron chi connectivity index (χ0n) is 18.7. The maximum atomic E-state index is 15.1. The largest absolute Gasteiger partial charge is 0.497 e. The van der Waals surface area contributed by atoms with E-state index >= 15 is 4.39 Å². The molecule has 0 aliphatic carbocycles. The van der Waals surface area contributed by atoms with Crippen LogP contribution in [0.4, 0.5) is 18.9 Å². The van der Waals surface area contributed by atoms with Crippen molar-refractivity contribution in [2.45, 2.75) is 13.3 Å². The van der Waals surface area contributed by atoms with Gasteiger partial charge in [-0.2, -0.15) is 0 Å². The molecule has 2 aromatic carbocycles. The number of nitrogens with zero attached hydrogens (tertiary/aromatic N) is 1. The number of carbonyl (C=O) groups is 1. The van der Waals surface area contributed by atoms with Gasteiger partial charge in [-0.15, -0.1) is 0 Å². The number of benzene rings is 2. The highest BCUT2D eigenvalue weighted by Gasteiger charge is 2.26. The molecule has 4 aromatic rings. The lowest BCUT2D eigenvalue weighted by molar-refractivity contribution is 0.103. The Labute approximate surface area is 199 Å². The summed E-state index contributed by atoms with van der Waals surface area (Å²) in [6, 6.07) is 7.43. The van der Waals surface area contributed by atoms with Gasteiger partial charge in [0.05, 0.1) is 24.1 Å². The van der Waals surface area contributed by atoms with Gasteiger partial charge in [-0.3, -0.25) is 9.52 Å². The molecule has 0 saturated heterocycles. The molecule has 0 bridgehead atoms. The Balaban J connectivity index is 1.78. The molecule has 2 N–H and O–H groups in total. The third kappa shape index (κ3) is 4.72. The van der Waals surface area contributed by atoms with E-state index in [1.165, 1.54) is 37.7 Å². The van der Waals surface area contributed by atoms with Crippen molar-refractivity contribution in [1.82, 2.24) is 9.97 Å². The Morgan fingerprint density at radius 2 is 1.89 bits per heavy atom. The summed E-state index contributed by atoms with van der Waals surface area (Å²) in [5, 5.41) is 0.207. The fourth-order valence-corrected chi connectivity index (χ4v) is 4.79. The first-order chi connectivity index (χ1) is 16.6. The highest BCUT2D eigenvalue weighted by molar-refractivity contribution is 7.92. The van der Waals surface area contributed by atoms with Crippen molar-refractivity contribution in [3.8, 4) is 16.9 Å². The number of fused-ring (bicyclic) bond motifs is 1. The second-order valence-electron chi connectivity index (χ2n) is 7.70. The van der Waals surface area contributed by atoms with Crippen molar-refractivity contribution < 1.29 is 31.1 Å². The summed E-state index contributed by atoms with van der Waals surface area (Å²) < 4.78 is 75.5. The summed E-state index contributed by atoms with van der Waals surface area (Å²) >= 11 is 0. The number of hydrogen-bond acceptors (Lipinski definition) is 5. The lowest BCUT2D eigenvalue weighted by Gasteiger charge is -2.11. The van der Waals surface area contributed by atoms with E-state index in [1.54, 1.807) is 13.0 Å². The minimum Gasteiger partial charge on any atom is -0.497 e. The summed E-state index contributed by atoms with van der Waals surface area (Å²) in [4.78, 5) is 20.2. The van der Waals surface area contributed by atoms with Crippen molar-refractivity contribution in [3.63, 3.8) is 0 Å². The first kappa shape index (κ1) is 24.3. The minimum absolute atomic E-state index is 0.116. The SMILES string of the molecule is CCCS(=O)(=O)Nc1ccc(F)c(C(=O)c2c[nH]c3ncc(-c4ccc(OC)cc4F)cc23)c1F. The van der Waals surface area contributed by atoms with Gasteiger partial charge in [-0.25, -0.2) is 26.6 Å². The number of carbonyl (C=O) groups excluding carboxylic acids is 1. The normalized spacial score (nSPS) is 11.6. The van der Waals surface area contributed by atoms with Crippen molar-refractivity contribution in [2.75, 3.05) is 17.6 Å². The van der Waals surface area contributed by atoms with E-state index in [0.717, 1.165) is 12.1 Å². The zero-order chi connectivity index (χ0) is 25.3. The number of aromatic amines is 1. The number of methoxy groups -OCH3 is 1. The fraction of sp³-hybridized carbons (Fsp3) is 0.167. The van der Waals surface area contributed by atoms with Crippen LogP contribution in [0.15, 0.2) is 48.8 Å². The monoisotopic (exact) mass is 503 g/mol. The van der Waals surface area contributed by atoms with E-state index in [-0.39, 0.29) is 34.3 Å². The lowest BCUT2D eigenvalue weighted by Crippen LogP contribution is -2.18. The molecule has 0 atom stereocenters. The van der Waals surface area contributed by atoms with Crippen molar-refractivity contribution >= 4 is 32.5 Å². The molecule has 0 amide bonds. The first-order valence-electron chi connectivity index (χ1n) is 10.5. The number of halogens is 3. The molecule has 0 spiro atoms. The number of aromatic nitrogens is 2. The average Bonchev–Trinajstić information content (AvgIpc) is 3.24. The van der Waals surface area contributed by atoms with Crippen LogP contribution >= 0.6 is 0 Å². The van der Waals surface area contributed by atoms with Crippen molar-refractivity contribution in [2.24, 2.45) is 0 Å². The van der Waals surface area contributed by atoms with Crippen LogP contribution in [0.3, 0.4) is 0 Å². The predicted molar refractivity (Wildman–Crippen MR) is 126 cm³/mol. The average molecular weight is 504 g/mol. The summed E-state index contributed by atoms with van der Waals surface area (Å²) in [6.45, 7) is 1.63. The predicted octanol–water partition coefficient (Wildman–Crippen LogP) is 5.04. The van der Waals surface area contributed by atoms with Crippen LogP contribution in [-0.4, -0.2) is 37.0 Å². The fourth-order valence-electron chi connectivity index (χ4n) is 3.66. The Morgan fingerprint density at radius 1 is 1.11 bits per heavy atom. The molecule has 11 heteroatoms. The van der Waals surface area contributed by atoms with E-state index in [0.29, 0.717) is 11.3 Å². The van der Waals surface area contributed by atoms with Gasteiger partial charge in [0.1, 0.15) is 23.0 Å². The van der Waals surface area contributed by atoms with E-state index in [2.05, 4.69) is 9.97 Å². The maximum Gasteiger partial charge on any atom is 0.232 e.